The van der Waals surface area contributed by atoms with Crippen molar-refractivity contribution in [2.45, 2.75) is 44.7 Å². The molecule has 5 rings (SSSR count). The maximum atomic E-state index is 13.6. The van der Waals surface area contributed by atoms with Crippen LogP contribution in [0.15, 0.2) is 60.8 Å². The molecular formula is C30H28F3N5O4. The Bertz CT molecular complexity index is 1650. The molecule has 0 spiro atoms. The topological polar surface area (TPSA) is 123 Å². The van der Waals surface area contributed by atoms with Crippen LogP contribution >= 0.6 is 0 Å². The average molecular weight is 580 g/mol. The van der Waals surface area contributed by atoms with E-state index in [0.717, 1.165) is 12.3 Å². The molecule has 0 aliphatic carbocycles. The normalized spacial score (nSPS) is 15.5. The van der Waals surface area contributed by atoms with Crippen molar-refractivity contribution in [1.82, 2.24) is 9.97 Å². The van der Waals surface area contributed by atoms with Crippen LogP contribution in [-0.2, 0) is 15.7 Å². The Morgan fingerprint density at radius 2 is 1.90 bits per heavy atom. The van der Waals surface area contributed by atoms with Gasteiger partial charge in [0.2, 0.25) is 11.6 Å². The van der Waals surface area contributed by atoms with Crippen molar-refractivity contribution < 1.29 is 32.2 Å². The van der Waals surface area contributed by atoms with Crippen molar-refractivity contribution in [2.75, 3.05) is 17.7 Å². The number of nitrogens with zero attached hydrogens (tertiary/aromatic N) is 2. The van der Waals surface area contributed by atoms with Gasteiger partial charge in [0.15, 0.2) is 6.20 Å². The lowest BCUT2D eigenvalue weighted by atomic mass is 9.94. The molecule has 0 saturated carbocycles. The van der Waals surface area contributed by atoms with Crippen LogP contribution in [0.25, 0.3) is 22.4 Å². The first-order valence-corrected chi connectivity index (χ1v) is 13.3. The minimum Gasteiger partial charge on any atom is -0.618 e. The number of aromatic nitrogens is 3. The van der Waals surface area contributed by atoms with E-state index in [1.54, 1.807) is 18.2 Å². The number of ether oxygens (including phenoxy) is 1. The van der Waals surface area contributed by atoms with Crippen LogP contribution in [0, 0.1) is 12.1 Å². The third-order valence-corrected chi connectivity index (χ3v) is 7.21. The van der Waals surface area contributed by atoms with Crippen LogP contribution in [-0.4, -0.2) is 29.1 Å². The predicted octanol–water partition coefficient (Wildman–Crippen LogP) is 6.53. The van der Waals surface area contributed by atoms with E-state index in [2.05, 4.69) is 20.4 Å². The Labute approximate surface area is 239 Å². The molecule has 2 aromatic heterocycles. The van der Waals surface area contributed by atoms with Gasteiger partial charge in [-0.3, -0.25) is 10.1 Å². The summed E-state index contributed by atoms with van der Waals surface area (Å²) in [6.07, 6.45) is -2.25. The van der Waals surface area contributed by atoms with Gasteiger partial charge in [-0.25, -0.2) is 9.78 Å². The molecule has 1 aliphatic heterocycles. The third-order valence-electron chi connectivity index (χ3n) is 7.21. The number of halogens is 3. The number of fused-ring (bicyclic) bond motifs is 4. The van der Waals surface area contributed by atoms with Crippen molar-refractivity contribution in [3.05, 3.63) is 88.8 Å². The molecule has 0 fully saturated rings. The highest BCUT2D eigenvalue weighted by molar-refractivity contribution is 5.97. The molecule has 4 aromatic rings. The number of amides is 2. The van der Waals surface area contributed by atoms with Crippen LogP contribution in [0.3, 0.4) is 0 Å². The number of rotatable bonds is 3. The second-order valence-corrected chi connectivity index (χ2v) is 10.0. The molecule has 2 bridgehead atoms. The third kappa shape index (κ3) is 5.92. The summed E-state index contributed by atoms with van der Waals surface area (Å²) in [5.41, 5.74) is 2.26. The Morgan fingerprint density at radius 3 is 2.64 bits per heavy atom. The van der Waals surface area contributed by atoms with E-state index in [1.165, 1.54) is 37.4 Å². The van der Waals surface area contributed by atoms with E-state index in [9.17, 15) is 28.0 Å². The Morgan fingerprint density at radius 1 is 1.12 bits per heavy atom. The summed E-state index contributed by atoms with van der Waals surface area (Å²) in [5, 5.41) is 18.8. The van der Waals surface area contributed by atoms with Crippen LogP contribution in [0.1, 0.15) is 54.4 Å². The number of pyridine rings is 1. The predicted molar refractivity (Wildman–Crippen MR) is 150 cm³/mol. The maximum Gasteiger partial charge on any atom is 0.417 e. The van der Waals surface area contributed by atoms with E-state index >= 15 is 0 Å². The highest BCUT2D eigenvalue weighted by Crippen LogP contribution is 2.38. The summed E-state index contributed by atoms with van der Waals surface area (Å²) in [7, 11) is 1.25. The fourth-order valence-electron chi connectivity index (χ4n) is 5.19. The number of nitrogens with one attached hydrogen (secondary N) is 3. The number of H-pyrrole nitrogens is 1. The second kappa shape index (κ2) is 11.6. The summed E-state index contributed by atoms with van der Waals surface area (Å²) in [6, 6.07) is 13.2. The summed E-state index contributed by atoms with van der Waals surface area (Å²) in [4.78, 5) is 32.6. The summed E-state index contributed by atoms with van der Waals surface area (Å²) in [5.74, 6) is -0.207. The Balaban J connectivity index is 1.56. The van der Waals surface area contributed by atoms with Gasteiger partial charge in [0.1, 0.15) is 11.7 Å². The van der Waals surface area contributed by atoms with E-state index < -0.39 is 23.8 Å². The fourth-order valence-corrected chi connectivity index (χ4v) is 5.19. The molecule has 9 nitrogen and oxygen atoms in total. The zero-order chi connectivity index (χ0) is 30.0. The quantitative estimate of drug-likeness (QED) is 0.188. The summed E-state index contributed by atoms with van der Waals surface area (Å²) >= 11 is 0. The molecule has 218 valence electrons. The monoisotopic (exact) mass is 579 g/mol. The molecule has 12 heteroatoms. The summed E-state index contributed by atoms with van der Waals surface area (Å²) < 4.78 is 46.1. The summed E-state index contributed by atoms with van der Waals surface area (Å²) in [6.45, 7) is 1.82. The molecule has 2 amide bonds. The highest BCUT2D eigenvalue weighted by atomic mass is 19.4. The first kappa shape index (κ1) is 28.7. The van der Waals surface area contributed by atoms with Gasteiger partial charge in [-0.05, 0) is 55.7 Å². The molecule has 0 radical (unpaired) electrons. The smallest absolute Gasteiger partial charge is 0.417 e. The van der Waals surface area contributed by atoms with Gasteiger partial charge < -0.3 is 20.2 Å². The van der Waals surface area contributed by atoms with E-state index in [-0.39, 0.29) is 23.5 Å². The molecule has 42 heavy (non-hydrogen) atoms. The molecule has 2 aromatic carbocycles. The largest absolute Gasteiger partial charge is 0.618 e. The van der Waals surface area contributed by atoms with E-state index in [0.29, 0.717) is 63.8 Å². The van der Waals surface area contributed by atoms with Crippen LogP contribution < -0.4 is 15.4 Å². The first-order valence-electron chi connectivity index (χ1n) is 13.3. The molecule has 0 saturated heterocycles. The minimum atomic E-state index is -4.57. The molecule has 3 heterocycles. The molecule has 0 unspecified atom stereocenters. The van der Waals surface area contributed by atoms with Gasteiger partial charge in [0, 0.05) is 35.0 Å². The number of benzene rings is 2. The number of carbonyl (C=O) groups excluding carboxylic acids is 2. The van der Waals surface area contributed by atoms with E-state index in [1.807, 2.05) is 6.92 Å². The number of hydrogen-bond acceptors (Lipinski definition) is 5. The van der Waals surface area contributed by atoms with Crippen molar-refractivity contribution in [3.63, 3.8) is 0 Å². The standard InChI is InChI=1S/C30H28F3N5O4/c1-17-27-21-13-12-19(35-29(40)42-2)15-24(21)36-26(39)10-6-4-8-22(28(34-17)37-27)25-14-11-18(16-38(25)41)20-7-3-5-9-23(20)30(31,32)33/h3,5,7,9,11-16,22H,4,6,8,10H2,1-2H3,(H,34,37)(H,35,40)(H,36,39)/t22-/m1/s1. The van der Waals surface area contributed by atoms with Gasteiger partial charge >= 0.3 is 12.3 Å². The van der Waals surface area contributed by atoms with Crippen molar-refractivity contribution in [3.8, 4) is 22.4 Å². The molecular weight excluding hydrogens is 551 g/mol. The van der Waals surface area contributed by atoms with Crippen molar-refractivity contribution in [1.29, 1.82) is 0 Å². The zero-order valence-corrected chi connectivity index (χ0v) is 22.8. The Kier molecular flexibility index (Phi) is 7.88. The van der Waals surface area contributed by atoms with Crippen molar-refractivity contribution in [2.24, 2.45) is 0 Å². The Hall–Kier alpha value is -4.87. The average Bonchev–Trinajstić information content (AvgIpc) is 3.33. The van der Waals surface area contributed by atoms with Gasteiger partial charge in [0.25, 0.3) is 0 Å². The lowest BCUT2D eigenvalue weighted by Gasteiger charge is -2.17. The van der Waals surface area contributed by atoms with Crippen LogP contribution in [0.2, 0.25) is 0 Å². The SMILES string of the molecule is COC(=O)Nc1ccc2c(c1)NC(=O)CCCC[C@H](c1ccc(-c3ccccc3C(F)(F)F)c[n+]1[O-])c1nc-2c(C)[nH]1. The highest BCUT2D eigenvalue weighted by Gasteiger charge is 2.34. The molecule has 1 atom stereocenters. The number of aryl methyl sites for hydroxylation is 1. The van der Waals surface area contributed by atoms with E-state index in [4.69, 9.17) is 4.98 Å². The number of methoxy groups -OCH3 is 1. The van der Waals surface area contributed by atoms with Crippen LogP contribution in [0.4, 0.5) is 29.3 Å². The zero-order valence-electron chi connectivity index (χ0n) is 22.8. The number of imidazole rings is 1. The minimum absolute atomic E-state index is 0.0837. The number of alkyl halides is 3. The van der Waals surface area contributed by atoms with Gasteiger partial charge in [0.05, 0.1) is 24.1 Å². The van der Waals surface area contributed by atoms with Crippen LogP contribution in [0.5, 0.6) is 0 Å². The molecule has 1 aliphatic rings. The maximum absolute atomic E-state index is 13.6. The second-order valence-electron chi connectivity index (χ2n) is 10.0. The van der Waals surface area contributed by atoms with Crippen molar-refractivity contribution >= 4 is 23.4 Å². The number of hydrogen-bond donors (Lipinski definition) is 3. The number of aromatic amines is 1. The lowest BCUT2D eigenvalue weighted by Crippen LogP contribution is -2.34. The number of carbonyl (C=O) groups is 2. The fraction of sp³-hybridized carbons (Fsp3) is 0.267. The van der Waals surface area contributed by atoms with Gasteiger partial charge in [-0.1, -0.05) is 24.6 Å². The van der Waals surface area contributed by atoms with Gasteiger partial charge in [-0.15, -0.1) is 0 Å². The van der Waals surface area contributed by atoms with Gasteiger partial charge in [-0.2, -0.15) is 17.9 Å². The first-order chi connectivity index (χ1) is 20.0. The molecule has 3 N–H and O–H groups in total. The lowest BCUT2D eigenvalue weighted by molar-refractivity contribution is -0.614. The number of anilines is 2.